The van der Waals surface area contributed by atoms with E-state index in [2.05, 4.69) is 0 Å². The van der Waals surface area contributed by atoms with E-state index < -0.39 is 28.9 Å². The fourth-order valence-corrected chi connectivity index (χ4v) is 2.49. The molecule has 0 saturated heterocycles. The first-order valence-corrected chi connectivity index (χ1v) is 7.01. The summed E-state index contributed by atoms with van der Waals surface area (Å²) in [6.45, 7) is 2.64. The summed E-state index contributed by atoms with van der Waals surface area (Å²) in [5.41, 5.74) is 0. The van der Waals surface area contributed by atoms with Crippen LogP contribution in [0.2, 0.25) is 0 Å². The minimum atomic E-state index is -3.39. The van der Waals surface area contributed by atoms with Crippen molar-refractivity contribution in [3.05, 3.63) is 0 Å². The van der Waals surface area contributed by atoms with Crippen LogP contribution in [0, 0.1) is 0 Å². The zero-order valence-electron chi connectivity index (χ0n) is 10.1. The molecule has 8 heteroatoms. The quantitative estimate of drug-likeness (QED) is 0.731. The molecular weight excluding hydrogens is 254 g/mol. The molecule has 1 amide bonds. The van der Waals surface area contributed by atoms with Gasteiger partial charge in [0.05, 0.1) is 12.8 Å². The fourth-order valence-electron chi connectivity index (χ4n) is 1.30. The molecule has 0 bridgehead atoms. The SMILES string of the molecule is CC(C)N(CCC(=O)NCC(F)F)S(C)(=O)=O. The first-order valence-electron chi connectivity index (χ1n) is 5.16. The number of hydrogen-bond donors (Lipinski definition) is 1. The molecule has 0 aromatic heterocycles. The molecule has 0 unspecified atom stereocenters. The second-order valence-corrected chi connectivity index (χ2v) is 5.85. The third kappa shape index (κ3) is 7.22. The highest BCUT2D eigenvalue weighted by Gasteiger charge is 2.20. The number of sulfonamides is 1. The molecule has 0 rings (SSSR count). The van der Waals surface area contributed by atoms with Gasteiger partial charge in [0.15, 0.2) is 0 Å². The van der Waals surface area contributed by atoms with Gasteiger partial charge >= 0.3 is 0 Å². The maximum atomic E-state index is 11.8. The summed E-state index contributed by atoms with van der Waals surface area (Å²) in [5, 5.41) is 2.02. The first kappa shape index (κ1) is 16.2. The summed E-state index contributed by atoms with van der Waals surface area (Å²) in [6, 6.07) is -0.270. The Morgan fingerprint density at radius 2 is 1.88 bits per heavy atom. The molecule has 0 atom stereocenters. The van der Waals surface area contributed by atoms with Crippen LogP contribution in [0.25, 0.3) is 0 Å². The Hall–Kier alpha value is -0.760. The second kappa shape index (κ2) is 6.85. The van der Waals surface area contributed by atoms with Crippen LogP contribution in [0.4, 0.5) is 8.78 Å². The summed E-state index contributed by atoms with van der Waals surface area (Å²) in [5.74, 6) is -0.584. The summed E-state index contributed by atoms with van der Waals surface area (Å²) >= 11 is 0. The average Bonchev–Trinajstić information content (AvgIpc) is 2.12. The molecule has 0 radical (unpaired) electrons. The highest BCUT2D eigenvalue weighted by Crippen LogP contribution is 2.05. The molecule has 0 fully saturated rings. The number of nitrogens with zero attached hydrogens (tertiary/aromatic N) is 1. The Morgan fingerprint density at radius 3 is 2.24 bits per heavy atom. The number of hydrogen-bond acceptors (Lipinski definition) is 3. The number of alkyl halides is 2. The fraction of sp³-hybridized carbons (Fsp3) is 0.889. The molecule has 0 aliphatic rings. The monoisotopic (exact) mass is 272 g/mol. The van der Waals surface area contributed by atoms with Gasteiger partial charge in [-0.3, -0.25) is 4.79 Å². The van der Waals surface area contributed by atoms with Gasteiger partial charge in [0.2, 0.25) is 15.9 Å². The molecule has 0 aromatic rings. The van der Waals surface area contributed by atoms with Crippen molar-refractivity contribution in [2.45, 2.75) is 32.7 Å². The van der Waals surface area contributed by atoms with E-state index in [-0.39, 0.29) is 19.0 Å². The predicted octanol–water partition coefficient (Wildman–Crippen LogP) is 0.428. The number of halogens is 2. The van der Waals surface area contributed by atoms with Crippen molar-refractivity contribution >= 4 is 15.9 Å². The van der Waals surface area contributed by atoms with E-state index in [0.29, 0.717) is 0 Å². The predicted molar refractivity (Wildman–Crippen MR) is 60.3 cm³/mol. The molecular formula is C9H18F2N2O3S. The Balaban J connectivity index is 4.20. The first-order chi connectivity index (χ1) is 7.64. The maximum absolute atomic E-state index is 11.8. The molecule has 0 aliphatic carbocycles. The number of nitrogens with one attached hydrogen (secondary N) is 1. The Labute approximate surface area is 100 Å². The van der Waals surface area contributed by atoms with Crippen molar-refractivity contribution in [1.29, 1.82) is 0 Å². The molecule has 0 aromatic carbocycles. The van der Waals surface area contributed by atoms with E-state index >= 15 is 0 Å². The summed E-state index contributed by atoms with van der Waals surface area (Å²) in [4.78, 5) is 11.1. The Morgan fingerprint density at radius 1 is 1.35 bits per heavy atom. The second-order valence-electron chi connectivity index (χ2n) is 3.91. The van der Waals surface area contributed by atoms with Crippen LogP contribution >= 0.6 is 0 Å². The number of rotatable bonds is 7. The summed E-state index contributed by atoms with van der Waals surface area (Å²) < 4.78 is 47.4. The lowest BCUT2D eigenvalue weighted by Gasteiger charge is -2.23. The highest BCUT2D eigenvalue weighted by molar-refractivity contribution is 7.88. The van der Waals surface area contributed by atoms with E-state index in [1.807, 2.05) is 5.32 Å². The number of amides is 1. The third-order valence-corrected chi connectivity index (χ3v) is 3.47. The smallest absolute Gasteiger partial charge is 0.255 e. The number of carbonyl (C=O) groups is 1. The Kier molecular flexibility index (Phi) is 6.54. The minimum absolute atomic E-state index is 0.00836. The maximum Gasteiger partial charge on any atom is 0.255 e. The van der Waals surface area contributed by atoms with Crippen molar-refractivity contribution in [2.75, 3.05) is 19.3 Å². The van der Waals surface area contributed by atoms with Gasteiger partial charge in [-0.05, 0) is 13.8 Å². The third-order valence-electron chi connectivity index (χ3n) is 2.01. The molecule has 17 heavy (non-hydrogen) atoms. The molecule has 0 aliphatic heterocycles. The van der Waals surface area contributed by atoms with E-state index in [1.54, 1.807) is 13.8 Å². The van der Waals surface area contributed by atoms with Crippen molar-refractivity contribution in [3.8, 4) is 0 Å². The topological polar surface area (TPSA) is 66.5 Å². The van der Waals surface area contributed by atoms with Gasteiger partial charge < -0.3 is 5.32 Å². The van der Waals surface area contributed by atoms with E-state index in [1.165, 1.54) is 0 Å². The standard InChI is InChI=1S/C9H18F2N2O3S/c1-7(2)13(17(3,15)16)5-4-9(14)12-6-8(10)11/h7-8H,4-6H2,1-3H3,(H,12,14). The van der Waals surface area contributed by atoms with Gasteiger partial charge in [0.25, 0.3) is 6.43 Å². The van der Waals surface area contributed by atoms with Crippen molar-refractivity contribution in [3.63, 3.8) is 0 Å². The van der Waals surface area contributed by atoms with E-state index in [9.17, 15) is 22.0 Å². The van der Waals surface area contributed by atoms with Gasteiger partial charge in [-0.25, -0.2) is 17.2 Å². The van der Waals surface area contributed by atoms with Gasteiger partial charge in [0.1, 0.15) is 0 Å². The zero-order valence-corrected chi connectivity index (χ0v) is 10.9. The molecule has 0 heterocycles. The van der Waals surface area contributed by atoms with Crippen LogP contribution in [-0.4, -0.2) is 50.4 Å². The molecule has 0 spiro atoms. The van der Waals surface area contributed by atoms with Crippen molar-refractivity contribution < 1.29 is 22.0 Å². The van der Waals surface area contributed by atoms with Crippen molar-refractivity contribution in [2.24, 2.45) is 0 Å². The molecule has 5 nitrogen and oxygen atoms in total. The highest BCUT2D eigenvalue weighted by atomic mass is 32.2. The normalized spacial score (nSPS) is 12.5. The van der Waals surface area contributed by atoms with Crippen LogP contribution < -0.4 is 5.32 Å². The molecule has 0 saturated carbocycles. The number of carbonyl (C=O) groups excluding carboxylic acids is 1. The van der Waals surface area contributed by atoms with Gasteiger partial charge in [-0.1, -0.05) is 0 Å². The molecule has 102 valence electrons. The van der Waals surface area contributed by atoms with Gasteiger partial charge in [-0.2, -0.15) is 4.31 Å². The largest absolute Gasteiger partial charge is 0.350 e. The summed E-state index contributed by atoms with van der Waals surface area (Å²) in [6.07, 6.45) is -1.68. The zero-order chi connectivity index (χ0) is 13.6. The van der Waals surface area contributed by atoms with Crippen LogP contribution in [-0.2, 0) is 14.8 Å². The lowest BCUT2D eigenvalue weighted by molar-refractivity contribution is -0.121. The van der Waals surface area contributed by atoms with Crippen molar-refractivity contribution in [1.82, 2.24) is 9.62 Å². The van der Waals surface area contributed by atoms with Gasteiger partial charge in [0, 0.05) is 19.0 Å². The van der Waals surface area contributed by atoms with Crippen LogP contribution in [0.3, 0.4) is 0 Å². The van der Waals surface area contributed by atoms with Crippen LogP contribution in [0.1, 0.15) is 20.3 Å². The van der Waals surface area contributed by atoms with E-state index in [4.69, 9.17) is 0 Å². The van der Waals surface area contributed by atoms with Gasteiger partial charge in [-0.15, -0.1) is 0 Å². The molecule has 1 N–H and O–H groups in total. The lowest BCUT2D eigenvalue weighted by Crippen LogP contribution is -2.39. The van der Waals surface area contributed by atoms with E-state index in [0.717, 1.165) is 10.6 Å². The Bertz CT molecular complexity index is 344. The minimum Gasteiger partial charge on any atom is -0.350 e. The summed E-state index contributed by atoms with van der Waals surface area (Å²) in [7, 11) is -3.39. The lowest BCUT2D eigenvalue weighted by atomic mass is 10.3. The van der Waals surface area contributed by atoms with Crippen LogP contribution in [0.5, 0.6) is 0 Å². The van der Waals surface area contributed by atoms with Crippen LogP contribution in [0.15, 0.2) is 0 Å². The average molecular weight is 272 g/mol.